The van der Waals surface area contributed by atoms with Crippen molar-refractivity contribution >= 4 is 43.0 Å². The van der Waals surface area contributed by atoms with E-state index in [1.165, 1.54) is 0 Å². The monoisotopic (exact) mass is 286 g/mol. The predicted molar refractivity (Wildman–Crippen MR) is 72.2 cm³/mol. The van der Waals surface area contributed by atoms with E-state index in [9.17, 15) is 4.79 Å². The quantitative estimate of drug-likeness (QED) is 0.283. The predicted octanol–water partition coefficient (Wildman–Crippen LogP) is 0.132. The van der Waals surface area contributed by atoms with E-state index in [0.717, 1.165) is 0 Å². The van der Waals surface area contributed by atoms with Crippen LogP contribution in [0.25, 0.3) is 0 Å². The molecule has 3 N–H and O–H groups in total. The number of rotatable bonds is 8. The van der Waals surface area contributed by atoms with Crippen LogP contribution < -0.4 is 0 Å². The molecule has 0 unspecified atom stereocenters. The van der Waals surface area contributed by atoms with Gasteiger partial charge in [0.15, 0.2) is 5.12 Å². The fraction of sp³-hybridized carbons (Fsp3) is 0.889. The van der Waals surface area contributed by atoms with Gasteiger partial charge in [0.25, 0.3) is 0 Å². The average Bonchev–Trinajstić information content (AvgIpc) is 2.19. The third-order valence-electron chi connectivity index (χ3n) is 2.50. The molecule has 0 fully saturated rings. The second-order valence-electron chi connectivity index (χ2n) is 4.03. The number of aliphatic hydroxyl groups is 3. The maximum Gasteiger partial charge on any atom is 0.188 e. The lowest BCUT2D eigenvalue weighted by Gasteiger charge is -2.31. The number of hydrogen-bond acceptors (Lipinski definition) is 6. The van der Waals surface area contributed by atoms with Crippen molar-refractivity contribution in [2.75, 3.05) is 19.8 Å². The first-order valence-corrected chi connectivity index (χ1v) is 6.14. The Labute approximate surface area is 112 Å². The fourth-order valence-corrected chi connectivity index (χ4v) is 2.21. The molecule has 4 nitrogen and oxygen atoms in total. The number of carbonyl (C=O) groups is 1. The highest BCUT2D eigenvalue weighted by molar-refractivity contribution is 8.01. The molecule has 0 aromatic carbocycles. The summed E-state index contributed by atoms with van der Waals surface area (Å²) >= 11 is 12.0. The Kier molecular flexibility index (Phi) is 7.39. The lowest BCUT2D eigenvalue weighted by Crippen LogP contribution is -2.35. The largest absolute Gasteiger partial charge is 0.396 e. The summed E-state index contributed by atoms with van der Waals surface area (Å²) in [5.74, 6) is 0. The summed E-state index contributed by atoms with van der Waals surface area (Å²) in [5.41, 5.74) is -0.948. The summed E-state index contributed by atoms with van der Waals surface area (Å²) < 4.78 is -0.844. The van der Waals surface area contributed by atoms with Gasteiger partial charge in [-0.3, -0.25) is 4.79 Å². The number of carbonyl (C=O) groups excluding carboxylic acids is 1. The van der Waals surface area contributed by atoms with Crippen LogP contribution in [0.4, 0.5) is 0 Å². The van der Waals surface area contributed by atoms with E-state index in [4.69, 9.17) is 15.3 Å². The van der Waals surface area contributed by atoms with Crippen molar-refractivity contribution in [3.8, 4) is 0 Å². The molecule has 0 aliphatic heterocycles. The molecular formula is C9H18O4S3. The molecule has 16 heavy (non-hydrogen) atoms. The molecule has 0 aliphatic rings. The second kappa shape index (κ2) is 7.13. The lowest BCUT2D eigenvalue weighted by molar-refractivity contribution is -0.110. The first-order chi connectivity index (χ1) is 7.31. The number of aliphatic hydroxyl groups excluding tert-OH is 3. The van der Waals surface area contributed by atoms with Gasteiger partial charge in [-0.05, 0) is 12.8 Å². The zero-order chi connectivity index (χ0) is 12.8. The minimum atomic E-state index is -0.948. The fourth-order valence-electron chi connectivity index (χ4n) is 1.18. The normalized spacial score (nSPS) is 12.9. The summed E-state index contributed by atoms with van der Waals surface area (Å²) in [7, 11) is 0. The molecule has 0 saturated heterocycles. The Morgan fingerprint density at radius 2 is 1.44 bits per heavy atom. The summed E-state index contributed by atoms with van der Waals surface area (Å²) in [6.07, 6.45) is 0.762. The zero-order valence-electron chi connectivity index (χ0n) is 8.83. The molecule has 0 aromatic rings. The third-order valence-corrected chi connectivity index (χ3v) is 3.42. The van der Waals surface area contributed by atoms with Gasteiger partial charge in [0, 0.05) is 11.8 Å². The lowest BCUT2D eigenvalue weighted by atomic mass is 9.85. The van der Waals surface area contributed by atoms with Gasteiger partial charge in [-0.15, -0.1) is 12.6 Å². The standard InChI is InChI=1S/C9H18O4S3/c10-4-8(5-11,6-12)1-2-9(15,16)3-7(13)14/h10-12,15-16H,1-6H2,(H,13,14). The van der Waals surface area contributed by atoms with Gasteiger partial charge in [-0.25, -0.2) is 0 Å². The van der Waals surface area contributed by atoms with Gasteiger partial charge in [-0.1, -0.05) is 0 Å². The molecule has 0 saturated carbocycles. The van der Waals surface area contributed by atoms with Crippen LogP contribution in [0.15, 0.2) is 0 Å². The van der Waals surface area contributed by atoms with Crippen molar-refractivity contribution in [2.24, 2.45) is 5.41 Å². The minimum absolute atomic E-state index is 0.0701. The van der Waals surface area contributed by atoms with E-state index in [1.54, 1.807) is 0 Å². The first kappa shape index (κ1) is 16.6. The molecule has 7 heteroatoms. The van der Waals surface area contributed by atoms with Crippen LogP contribution in [-0.2, 0) is 4.79 Å². The van der Waals surface area contributed by atoms with Crippen LogP contribution in [0.5, 0.6) is 0 Å². The smallest absolute Gasteiger partial charge is 0.188 e. The van der Waals surface area contributed by atoms with Crippen LogP contribution in [0, 0.1) is 5.41 Å². The summed E-state index contributed by atoms with van der Waals surface area (Å²) in [6, 6.07) is 0. The molecular weight excluding hydrogens is 268 g/mol. The average molecular weight is 286 g/mol. The van der Waals surface area contributed by atoms with Crippen LogP contribution in [0.1, 0.15) is 19.3 Å². The van der Waals surface area contributed by atoms with Crippen LogP contribution in [0.3, 0.4) is 0 Å². The number of hydrogen-bond donors (Lipinski definition) is 6. The van der Waals surface area contributed by atoms with Gasteiger partial charge < -0.3 is 15.3 Å². The van der Waals surface area contributed by atoms with Gasteiger partial charge in [0.2, 0.25) is 0 Å². The van der Waals surface area contributed by atoms with Crippen molar-refractivity contribution in [1.29, 1.82) is 0 Å². The molecule has 0 heterocycles. The van der Waals surface area contributed by atoms with Crippen molar-refractivity contribution in [3.63, 3.8) is 0 Å². The van der Waals surface area contributed by atoms with Gasteiger partial charge in [0.05, 0.1) is 23.9 Å². The van der Waals surface area contributed by atoms with E-state index in [1.807, 2.05) is 0 Å². The van der Waals surface area contributed by atoms with E-state index >= 15 is 0 Å². The Bertz CT molecular complexity index is 221. The van der Waals surface area contributed by atoms with E-state index in [2.05, 4.69) is 37.9 Å². The molecule has 0 rings (SSSR count). The summed E-state index contributed by atoms with van der Waals surface area (Å²) in [4.78, 5) is 10.8. The van der Waals surface area contributed by atoms with Crippen molar-refractivity contribution in [2.45, 2.75) is 23.3 Å². The van der Waals surface area contributed by atoms with Gasteiger partial charge in [0.1, 0.15) is 0 Å². The number of thiol groups is 3. The maximum atomic E-state index is 10.8. The van der Waals surface area contributed by atoms with Crippen LogP contribution in [0.2, 0.25) is 0 Å². The zero-order valence-corrected chi connectivity index (χ0v) is 11.5. The van der Waals surface area contributed by atoms with Crippen molar-refractivity contribution < 1.29 is 20.1 Å². The van der Waals surface area contributed by atoms with Crippen molar-refractivity contribution in [3.05, 3.63) is 0 Å². The third kappa shape index (κ3) is 5.79. The first-order valence-electron chi connectivity index (χ1n) is 4.80. The highest BCUT2D eigenvalue weighted by Gasteiger charge is 2.32. The van der Waals surface area contributed by atoms with Crippen LogP contribution >= 0.6 is 37.9 Å². The minimum Gasteiger partial charge on any atom is -0.396 e. The molecule has 0 bridgehead atoms. The van der Waals surface area contributed by atoms with Gasteiger partial charge >= 0.3 is 0 Å². The Balaban J connectivity index is 4.34. The molecule has 96 valence electrons. The molecule has 0 aliphatic carbocycles. The molecule has 0 radical (unpaired) electrons. The van der Waals surface area contributed by atoms with Crippen LogP contribution in [-0.4, -0.2) is 44.3 Å². The Morgan fingerprint density at radius 3 is 1.75 bits per heavy atom. The molecule has 0 aromatic heterocycles. The van der Waals surface area contributed by atoms with E-state index < -0.39 is 9.49 Å². The van der Waals surface area contributed by atoms with E-state index in [0.29, 0.717) is 12.8 Å². The maximum absolute atomic E-state index is 10.8. The Hall–Kier alpha value is 0.600. The Morgan fingerprint density at radius 1 is 1.00 bits per heavy atom. The topological polar surface area (TPSA) is 77.8 Å². The highest BCUT2D eigenvalue weighted by atomic mass is 32.2. The summed E-state index contributed by atoms with van der Waals surface area (Å²) in [6.45, 7) is -0.981. The van der Waals surface area contributed by atoms with E-state index in [-0.39, 0.29) is 31.4 Å². The molecule has 0 amide bonds. The second-order valence-corrected chi connectivity index (χ2v) is 6.59. The summed E-state index contributed by atoms with van der Waals surface area (Å²) in [5, 5.41) is 27.0. The SMILES string of the molecule is O=C(S)CC(S)(S)CCC(CO)(CO)CO. The van der Waals surface area contributed by atoms with Crippen molar-refractivity contribution in [1.82, 2.24) is 0 Å². The molecule has 0 atom stereocenters. The van der Waals surface area contributed by atoms with Gasteiger partial charge in [-0.2, -0.15) is 25.3 Å². The molecule has 0 spiro atoms. The highest BCUT2D eigenvalue weighted by Crippen LogP contribution is 2.35.